The van der Waals surface area contributed by atoms with Crippen molar-refractivity contribution in [3.8, 4) is 0 Å². The second kappa shape index (κ2) is 6.12. The molecule has 0 fully saturated rings. The average Bonchev–Trinajstić information content (AvgIpc) is 2.28. The normalized spacial score (nSPS) is 10.1. The van der Waals surface area contributed by atoms with Gasteiger partial charge in [-0.15, -0.1) is 0 Å². The second-order valence-corrected chi connectivity index (χ2v) is 3.82. The van der Waals surface area contributed by atoms with Crippen molar-refractivity contribution in [1.82, 2.24) is 5.32 Å². The van der Waals surface area contributed by atoms with E-state index in [9.17, 15) is 4.79 Å². The molecule has 0 atom stereocenters. The van der Waals surface area contributed by atoms with Gasteiger partial charge in [-0.25, -0.2) is 0 Å². The van der Waals surface area contributed by atoms with Gasteiger partial charge in [0.1, 0.15) is 0 Å². The highest BCUT2D eigenvalue weighted by atomic mass is 16.1. The summed E-state index contributed by atoms with van der Waals surface area (Å²) in [5.74, 6) is -0.0554. The molecular weight excluding hydrogens is 202 g/mol. The molecule has 1 aromatic rings. The lowest BCUT2D eigenvalue weighted by atomic mass is 10.1. The van der Waals surface area contributed by atoms with Gasteiger partial charge in [0.25, 0.3) is 5.91 Å². The number of nitrogen functional groups attached to an aromatic ring is 1. The smallest absolute Gasteiger partial charge is 0.251 e. The summed E-state index contributed by atoms with van der Waals surface area (Å²) >= 11 is 0. The van der Waals surface area contributed by atoms with E-state index in [0.29, 0.717) is 24.3 Å². The molecule has 4 heteroatoms. The number of nitrogens with one attached hydrogen (secondary N) is 1. The zero-order valence-corrected chi connectivity index (χ0v) is 9.62. The van der Waals surface area contributed by atoms with Gasteiger partial charge < -0.3 is 16.8 Å². The Bertz CT molecular complexity index is 363. The Morgan fingerprint density at radius 2 is 2.12 bits per heavy atom. The Balaban J connectivity index is 2.50. The third-order valence-corrected chi connectivity index (χ3v) is 2.45. The van der Waals surface area contributed by atoms with E-state index in [1.807, 2.05) is 6.92 Å². The summed E-state index contributed by atoms with van der Waals surface area (Å²) in [6.07, 6.45) is 1.84. The van der Waals surface area contributed by atoms with E-state index >= 15 is 0 Å². The Morgan fingerprint density at radius 3 is 2.75 bits per heavy atom. The van der Waals surface area contributed by atoms with Crippen LogP contribution in [0.25, 0.3) is 0 Å². The first-order valence-electron chi connectivity index (χ1n) is 5.49. The molecule has 5 N–H and O–H groups in total. The highest BCUT2D eigenvalue weighted by molar-refractivity contribution is 5.94. The van der Waals surface area contributed by atoms with Crippen molar-refractivity contribution < 1.29 is 4.79 Å². The van der Waals surface area contributed by atoms with Gasteiger partial charge in [0.05, 0.1) is 0 Å². The van der Waals surface area contributed by atoms with Crippen molar-refractivity contribution in [1.29, 1.82) is 0 Å². The Morgan fingerprint density at radius 1 is 1.38 bits per heavy atom. The third kappa shape index (κ3) is 3.55. The number of benzene rings is 1. The van der Waals surface area contributed by atoms with E-state index in [1.54, 1.807) is 18.2 Å². The van der Waals surface area contributed by atoms with Gasteiger partial charge in [0.2, 0.25) is 0 Å². The summed E-state index contributed by atoms with van der Waals surface area (Å²) in [6.45, 7) is 3.22. The molecular formula is C12H19N3O. The van der Waals surface area contributed by atoms with Crippen molar-refractivity contribution >= 4 is 11.6 Å². The largest absolute Gasteiger partial charge is 0.399 e. The first kappa shape index (κ1) is 12.5. The van der Waals surface area contributed by atoms with Crippen molar-refractivity contribution in [3.05, 3.63) is 29.3 Å². The number of rotatable bonds is 5. The highest BCUT2D eigenvalue weighted by Gasteiger charge is 2.05. The summed E-state index contributed by atoms with van der Waals surface area (Å²) in [5.41, 5.74) is 13.3. The van der Waals surface area contributed by atoms with Crippen molar-refractivity contribution in [2.24, 2.45) is 5.73 Å². The van der Waals surface area contributed by atoms with Crippen LogP contribution < -0.4 is 16.8 Å². The number of unbranched alkanes of at least 4 members (excludes halogenated alkanes) is 1. The number of amides is 1. The topological polar surface area (TPSA) is 81.1 Å². The molecule has 0 saturated heterocycles. The van der Waals surface area contributed by atoms with Crippen LogP contribution in [0.15, 0.2) is 18.2 Å². The number of hydrogen-bond donors (Lipinski definition) is 3. The van der Waals surface area contributed by atoms with Gasteiger partial charge >= 0.3 is 0 Å². The Hall–Kier alpha value is -1.55. The van der Waals surface area contributed by atoms with Gasteiger partial charge in [-0.2, -0.15) is 0 Å². The molecule has 1 rings (SSSR count). The molecule has 0 aromatic heterocycles. The Kier molecular flexibility index (Phi) is 4.79. The quantitative estimate of drug-likeness (QED) is 0.513. The van der Waals surface area contributed by atoms with E-state index < -0.39 is 0 Å². The molecule has 0 heterocycles. The van der Waals surface area contributed by atoms with Gasteiger partial charge in [0.15, 0.2) is 0 Å². The van der Waals surface area contributed by atoms with Gasteiger partial charge in [-0.1, -0.05) is 0 Å². The zero-order valence-electron chi connectivity index (χ0n) is 9.62. The molecule has 0 unspecified atom stereocenters. The minimum Gasteiger partial charge on any atom is -0.399 e. The maximum Gasteiger partial charge on any atom is 0.251 e. The maximum absolute atomic E-state index is 11.7. The number of carbonyl (C=O) groups excluding carboxylic acids is 1. The lowest BCUT2D eigenvalue weighted by molar-refractivity contribution is 0.0953. The molecule has 0 aliphatic carbocycles. The van der Waals surface area contributed by atoms with Crippen LogP contribution in [0.3, 0.4) is 0 Å². The average molecular weight is 221 g/mol. The Labute approximate surface area is 96.0 Å². The number of anilines is 1. The fourth-order valence-electron chi connectivity index (χ4n) is 1.39. The zero-order chi connectivity index (χ0) is 12.0. The van der Waals surface area contributed by atoms with Crippen molar-refractivity contribution in [2.45, 2.75) is 19.8 Å². The van der Waals surface area contributed by atoms with Gasteiger partial charge in [0, 0.05) is 17.8 Å². The van der Waals surface area contributed by atoms with E-state index in [-0.39, 0.29) is 5.91 Å². The summed E-state index contributed by atoms with van der Waals surface area (Å²) in [7, 11) is 0. The lowest BCUT2D eigenvalue weighted by Crippen LogP contribution is -2.25. The molecule has 0 spiro atoms. The monoisotopic (exact) mass is 221 g/mol. The summed E-state index contributed by atoms with van der Waals surface area (Å²) in [5, 5.41) is 2.85. The number of hydrogen-bond acceptors (Lipinski definition) is 3. The van der Waals surface area contributed by atoms with Crippen LogP contribution in [0.1, 0.15) is 28.8 Å². The minimum atomic E-state index is -0.0554. The molecule has 0 bridgehead atoms. The van der Waals surface area contributed by atoms with Crippen LogP contribution in [0.5, 0.6) is 0 Å². The molecule has 1 amide bonds. The van der Waals surface area contributed by atoms with Crippen LogP contribution in [0, 0.1) is 6.92 Å². The summed E-state index contributed by atoms with van der Waals surface area (Å²) in [6, 6.07) is 5.29. The molecule has 0 saturated carbocycles. The van der Waals surface area contributed by atoms with Gasteiger partial charge in [-0.05, 0) is 50.1 Å². The summed E-state index contributed by atoms with van der Waals surface area (Å²) in [4.78, 5) is 11.7. The molecule has 88 valence electrons. The second-order valence-electron chi connectivity index (χ2n) is 3.82. The first-order valence-corrected chi connectivity index (χ1v) is 5.49. The van der Waals surface area contributed by atoms with Crippen LogP contribution >= 0.6 is 0 Å². The van der Waals surface area contributed by atoms with Crippen LogP contribution in [0.2, 0.25) is 0 Å². The van der Waals surface area contributed by atoms with Crippen LogP contribution in [-0.4, -0.2) is 19.0 Å². The number of nitrogens with two attached hydrogens (primary N) is 2. The van der Waals surface area contributed by atoms with Crippen LogP contribution in [-0.2, 0) is 0 Å². The molecule has 0 aliphatic rings. The fraction of sp³-hybridized carbons (Fsp3) is 0.417. The predicted molar refractivity (Wildman–Crippen MR) is 66.2 cm³/mol. The van der Waals surface area contributed by atoms with E-state index in [1.165, 1.54) is 0 Å². The molecule has 16 heavy (non-hydrogen) atoms. The van der Waals surface area contributed by atoms with E-state index in [0.717, 1.165) is 18.4 Å². The maximum atomic E-state index is 11.7. The number of aryl methyl sites for hydroxylation is 1. The molecule has 4 nitrogen and oxygen atoms in total. The molecule has 0 radical (unpaired) electrons. The fourth-order valence-corrected chi connectivity index (χ4v) is 1.39. The lowest BCUT2D eigenvalue weighted by Gasteiger charge is -2.06. The van der Waals surface area contributed by atoms with Crippen molar-refractivity contribution in [3.63, 3.8) is 0 Å². The minimum absolute atomic E-state index is 0.0554. The predicted octanol–water partition coefficient (Wildman–Crippen LogP) is 1.05. The number of carbonyl (C=O) groups is 1. The standard InChI is InChI=1S/C12H19N3O/c1-9-8-10(4-5-11(9)14)12(16)15-7-3-2-6-13/h4-5,8H,2-3,6-7,13-14H2,1H3,(H,15,16). The van der Waals surface area contributed by atoms with E-state index in [4.69, 9.17) is 11.5 Å². The third-order valence-electron chi connectivity index (χ3n) is 2.45. The van der Waals surface area contributed by atoms with Crippen molar-refractivity contribution in [2.75, 3.05) is 18.8 Å². The molecule has 0 aliphatic heterocycles. The summed E-state index contributed by atoms with van der Waals surface area (Å²) < 4.78 is 0. The highest BCUT2D eigenvalue weighted by Crippen LogP contribution is 2.12. The van der Waals surface area contributed by atoms with Gasteiger partial charge in [-0.3, -0.25) is 4.79 Å². The van der Waals surface area contributed by atoms with Crippen LogP contribution in [0.4, 0.5) is 5.69 Å². The molecule has 1 aromatic carbocycles. The first-order chi connectivity index (χ1) is 7.65. The van der Waals surface area contributed by atoms with E-state index in [2.05, 4.69) is 5.32 Å². The SMILES string of the molecule is Cc1cc(C(=O)NCCCCN)ccc1N.